The molecule has 0 aromatic heterocycles. The zero-order valence-corrected chi connectivity index (χ0v) is 10.8. The van der Waals surface area contributed by atoms with Gasteiger partial charge in [0.15, 0.2) is 0 Å². The summed E-state index contributed by atoms with van der Waals surface area (Å²) in [4.78, 5) is 33.5. The predicted molar refractivity (Wildman–Crippen MR) is 61.9 cm³/mol. The summed E-state index contributed by atoms with van der Waals surface area (Å²) in [5.41, 5.74) is 0. The van der Waals surface area contributed by atoms with Crippen molar-refractivity contribution in [1.29, 1.82) is 0 Å². The third-order valence-electron chi connectivity index (χ3n) is 2.19. The van der Waals surface area contributed by atoms with E-state index in [0.717, 1.165) is 0 Å². The first-order valence-electron chi connectivity index (χ1n) is 5.60. The van der Waals surface area contributed by atoms with Crippen LogP contribution in [0.15, 0.2) is 0 Å². The van der Waals surface area contributed by atoms with Crippen molar-refractivity contribution in [2.24, 2.45) is 5.92 Å². The summed E-state index contributed by atoms with van der Waals surface area (Å²) in [5.74, 6) is -2.82. The molecule has 0 fully saturated rings. The van der Waals surface area contributed by atoms with Crippen LogP contribution < -0.4 is 5.32 Å². The van der Waals surface area contributed by atoms with Crippen molar-refractivity contribution in [2.45, 2.75) is 26.3 Å². The molecule has 0 aromatic carbocycles. The quantitative estimate of drug-likeness (QED) is 0.586. The van der Waals surface area contributed by atoms with E-state index in [4.69, 9.17) is 9.84 Å². The molecule has 0 unspecified atom stereocenters. The molecule has 104 valence electrons. The summed E-state index contributed by atoms with van der Waals surface area (Å²) in [6, 6.07) is -1.13. The number of carboxylic acids is 1. The highest BCUT2D eigenvalue weighted by Gasteiger charge is 2.26. The lowest BCUT2D eigenvalue weighted by molar-refractivity contribution is -0.149. The molecule has 2 N–H and O–H groups in total. The molecule has 18 heavy (non-hydrogen) atoms. The topological polar surface area (TPSA) is 102 Å². The first kappa shape index (κ1) is 16.4. The van der Waals surface area contributed by atoms with Crippen LogP contribution in [0.5, 0.6) is 0 Å². The van der Waals surface area contributed by atoms with Gasteiger partial charge in [-0.1, -0.05) is 6.92 Å². The lowest BCUT2D eigenvalue weighted by atomic mass is 10.0. The van der Waals surface area contributed by atoms with E-state index < -0.39 is 29.8 Å². The maximum atomic E-state index is 11.4. The van der Waals surface area contributed by atoms with Crippen LogP contribution in [-0.2, 0) is 23.9 Å². The molecular weight excluding hydrogens is 242 g/mol. The average Bonchev–Trinajstić information content (AvgIpc) is 2.28. The SMILES string of the molecule is CCOC(=O)[C@H](C)C[C@H](NC(=O)COC)C(=O)O. The fourth-order valence-corrected chi connectivity index (χ4v) is 1.32. The molecule has 0 aliphatic heterocycles. The maximum Gasteiger partial charge on any atom is 0.326 e. The van der Waals surface area contributed by atoms with Gasteiger partial charge < -0.3 is 19.9 Å². The number of carbonyl (C=O) groups is 3. The zero-order valence-electron chi connectivity index (χ0n) is 10.8. The van der Waals surface area contributed by atoms with Gasteiger partial charge in [0.2, 0.25) is 5.91 Å². The number of carboxylic acid groups (broad SMARTS) is 1. The van der Waals surface area contributed by atoms with Crippen molar-refractivity contribution < 1.29 is 29.0 Å². The minimum atomic E-state index is -1.20. The number of rotatable bonds is 8. The Balaban J connectivity index is 4.40. The van der Waals surface area contributed by atoms with E-state index in [0.29, 0.717) is 0 Å². The van der Waals surface area contributed by atoms with Gasteiger partial charge >= 0.3 is 11.9 Å². The molecule has 0 saturated heterocycles. The van der Waals surface area contributed by atoms with E-state index in [1.54, 1.807) is 13.8 Å². The summed E-state index contributed by atoms with van der Waals surface area (Å²) in [6.07, 6.45) is -0.0242. The Bertz CT molecular complexity index is 304. The fourth-order valence-electron chi connectivity index (χ4n) is 1.32. The molecule has 7 nitrogen and oxygen atoms in total. The van der Waals surface area contributed by atoms with Gasteiger partial charge in [0, 0.05) is 7.11 Å². The van der Waals surface area contributed by atoms with Gasteiger partial charge in [0.25, 0.3) is 0 Å². The highest BCUT2D eigenvalue weighted by Crippen LogP contribution is 2.09. The molecule has 0 spiro atoms. The number of esters is 1. The molecule has 1 amide bonds. The van der Waals surface area contributed by atoms with Crippen LogP contribution in [0.3, 0.4) is 0 Å². The van der Waals surface area contributed by atoms with Crippen molar-refractivity contribution >= 4 is 17.8 Å². The summed E-state index contributed by atoms with van der Waals surface area (Å²) in [6.45, 7) is 3.23. The van der Waals surface area contributed by atoms with Crippen molar-refractivity contribution in [2.75, 3.05) is 20.3 Å². The van der Waals surface area contributed by atoms with Crippen LogP contribution >= 0.6 is 0 Å². The van der Waals surface area contributed by atoms with E-state index in [9.17, 15) is 14.4 Å². The normalized spacial score (nSPS) is 13.5. The zero-order chi connectivity index (χ0) is 14.1. The maximum absolute atomic E-state index is 11.4. The van der Waals surface area contributed by atoms with Crippen LogP contribution in [-0.4, -0.2) is 49.3 Å². The lowest BCUT2D eigenvalue weighted by Gasteiger charge is -2.17. The number of ether oxygens (including phenoxy) is 2. The fraction of sp³-hybridized carbons (Fsp3) is 0.727. The number of methoxy groups -OCH3 is 1. The highest BCUT2D eigenvalue weighted by molar-refractivity contribution is 5.84. The smallest absolute Gasteiger partial charge is 0.326 e. The Hall–Kier alpha value is -1.63. The highest BCUT2D eigenvalue weighted by atomic mass is 16.5. The van der Waals surface area contributed by atoms with Gasteiger partial charge in [-0.05, 0) is 13.3 Å². The Morgan fingerprint density at radius 3 is 2.39 bits per heavy atom. The molecule has 0 rings (SSSR count). The molecule has 0 aliphatic rings. The van der Waals surface area contributed by atoms with Gasteiger partial charge in [0.05, 0.1) is 12.5 Å². The molecule has 0 radical (unpaired) electrons. The van der Waals surface area contributed by atoms with Crippen molar-refractivity contribution in [3.05, 3.63) is 0 Å². The van der Waals surface area contributed by atoms with E-state index in [-0.39, 0.29) is 19.6 Å². The summed E-state index contributed by atoms with van der Waals surface area (Å²) in [5, 5.41) is 11.2. The largest absolute Gasteiger partial charge is 0.480 e. The molecule has 0 saturated carbocycles. The van der Waals surface area contributed by atoms with Crippen LogP contribution in [0.25, 0.3) is 0 Å². The Labute approximate surface area is 105 Å². The predicted octanol–water partition coefficient (Wildman–Crippen LogP) is -0.208. The van der Waals surface area contributed by atoms with E-state index >= 15 is 0 Å². The molecular formula is C11H19NO6. The van der Waals surface area contributed by atoms with Crippen LogP contribution in [0.1, 0.15) is 20.3 Å². The molecule has 2 atom stereocenters. The van der Waals surface area contributed by atoms with Crippen LogP contribution in [0, 0.1) is 5.92 Å². The van der Waals surface area contributed by atoms with Gasteiger partial charge in [-0.15, -0.1) is 0 Å². The standard InChI is InChI=1S/C11H19NO6/c1-4-18-11(16)7(2)5-8(10(14)15)12-9(13)6-17-3/h7-8H,4-6H2,1-3H3,(H,12,13)(H,14,15)/t7-,8+/m1/s1. The van der Waals surface area contributed by atoms with Crippen molar-refractivity contribution in [3.63, 3.8) is 0 Å². The van der Waals surface area contributed by atoms with Gasteiger partial charge in [-0.3, -0.25) is 9.59 Å². The number of hydrogen-bond donors (Lipinski definition) is 2. The second-order valence-electron chi connectivity index (χ2n) is 3.78. The monoisotopic (exact) mass is 261 g/mol. The summed E-state index contributed by atoms with van der Waals surface area (Å²) >= 11 is 0. The second-order valence-corrected chi connectivity index (χ2v) is 3.78. The lowest BCUT2D eigenvalue weighted by Crippen LogP contribution is -2.44. The number of amides is 1. The van der Waals surface area contributed by atoms with Crippen molar-refractivity contribution in [3.8, 4) is 0 Å². The van der Waals surface area contributed by atoms with E-state index in [2.05, 4.69) is 10.1 Å². The Morgan fingerprint density at radius 2 is 1.94 bits per heavy atom. The van der Waals surface area contributed by atoms with Gasteiger partial charge in [-0.2, -0.15) is 0 Å². The van der Waals surface area contributed by atoms with Crippen LogP contribution in [0.2, 0.25) is 0 Å². The van der Waals surface area contributed by atoms with Gasteiger partial charge in [0.1, 0.15) is 12.6 Å². The Morgan fingerprint density at radius 1 is 1.33 bits per heavy atom. The average molecular weight is 261 g/mol. The third kappa shape index (κ3) is 6.19. The van der Waals surface area contributed by atoms with Crippen molar-refractivity contribution in [1.82, 2.24) is 5.32 Å². The van der Waals surface area contributed by atoms with Crippen LogP contribution in [0.4, 0.5) is 0 Å². The van der Waals surface area contributed by atoms with Gasteiger partial charge in [-0.25, -0.2) is 4.79 Å². The molecule has 0 heterocycles. The third-order valence-corrected chi connectivity index (χ3v) is 2.19. The summed E-state index contributed by atoms with van der Waals surface area (Å²) < 4.78 is 9.35. The number of carbonyl (C=O) groups excluding carboxylic acids is 2. The first-order chi connectivity index (χ1) is 8.42. The minimum absolute atomic E-state index is 0.0242. The van der Waals surface area contributed by atoms with E-state index in [1.807, 2.05) is 0 Å². The number of hydrogen-bond acceptors (Lipinski definition) is 5. The van der Waals surface area contributed by atoms with E-state index in [1.165, 1.54) is 7.11 Å². The molecule has 0 aliphatic carbocycles. The number of aliphatic carboxylic acids is 1. The second kappa shape index (κ2) is 8.46. The Kier molecular flexibility index (Phi) is 7.69. The molecule has 0 bridgehead atoms. The number of nitrogens with one attached hydrogen (secondary N) is 1. The summed E-state index contributed by atoms with van der Waals surface area (Å²) in [7, 11) is 1.33. The minimum Gasteiger partial charge on any atom is -0.480 e. The molecule has 7 heteroatoms. The molecule has 0 aromatic rings. The first-order valence-corrected chi connectivity index (χ1v) is 5.60.